The van der Waals surface area contributed by atoms with Crippen molar-refractivity contribution in [2.45, 2.75) is 77.5 Å². The number of hydrogen-bond donors (Lipinski definition) is 4. The molecule has 2 aromatic heterocycles. The van der Waals surface area contributed by atoms with E-state index < -0.39 is 17.5 Å². The van der Waals surface area contributed by atoms with Gasteiger partial charge >= 0.3 is 5.97 Å². The molecule has 1 aliphatic heterocycles. The summed E-state index contributed by atoms with van der Waals surface area (Å²) in [5.41, 5.74) is 1.21. The molecule has 2 aliphatic rings. The third kappa shape index (κ3) is 5.37. The molecule has 200 valence electrons. The van der Waals surface area contributed by atoms with Crippen LogP contribution in [0, 0.1) is 5.92 Å². The van der Waals surface area contributed by atoms with Crippen LogP contribution in [0.2, 0.25) is 0 Å². The molecule has 1 aliphatic carbocycles. The van der Waals surface area contributed by atoms with Crippen molar-refractivity contribution in [3.63, 3.8) is 0 Å². The lowest BCUT2D eigenvalue weighted by atomic mass is 9.85. The van der Waals surface area contributed by atoms with E-state index in [1.807, 2.05) is 13.8 Å². The highest BCUT2D eigenvalue weighted by atomic mass is 16.7. The summed E-state index contributed by atoms with van der Waals surface area (Å²) in [6.45, 7) is 7.09. The molecule has 4 N–H and O–H groups in total. The first kappa shape index (κ1) is 26.4. The van der Waals surface area contributed by atoms with Gasteiger partial charge in [-0.1, -0.05) is 5.16 Å². The Morgan fingerprint density at radius 3 is 2.49 bits per heavy atom. The van der Waals surface area contributed by atoms with E-state index in [0.717, 1.165) is 11.1 Å². The summed E-state index contributed by atoms with van der Waals surface area (Å²) >= 11 is 0. The summed E-state index contributed by atoms with van der Waals surface area (Å²) in [5, 5.41) is 28.0. The van der Waals surface area contributed by atoms with Crippen LogP contribution in [0.4, 0.5) is 5.69 Å². The van der Waals surface area contributed by atoms with Crippen molar-refractivity contribution in [1.29, 1.82) is 0 Å². The number of hydrogen-bond acceptors (Lipinski definition) is 8. The maximum atomic E-state index is 13.0. The number of carbonyl (C=O) groups is 3. The number of aryl methyl sites for hydroxylation is 1. The molecule has 2 aromatic rings. The molecule has 4 rings (SSSR count). The molecule has 1 unspecified atom stereocenters. The summed E-state index contributed by atoms with van der Waals surface area (Å²) < 4.78 is 1.80. The third-order valence-corrected chi connectivity index (χ3v) is 7.06. The molecule has 12 nitrogen and oxygen atoms in total. The van der Waals surface area contributed by atoms with Gasteiger partial charge in [0.25, 0.3) is 5.91 Å². The smallest absolute Gasteiger partial charge is 0.306 e. The van der Waals surface area contributed by atoms with E-state index in [1.165, 1.54) is 0 Å². The summed E-state index contributed by atoms with van der Waals surface area (Å²) in [6, 6.07) is 0.0660. The monoisotopic (exact) mass is 513 g/mol. The van der Waals surface area contributed by atoms with Crippen LogP contribution in [0.15, 0.2) is 17.5 Å². The minimum atomic E-state index is -1.45. The first-order chi connectivity index (χ1) is 17.8. The van der Waals surface area contributed by atoms with Crippen molar-refractivity contribution in [3.8, 4) is 0 Å². The van der Waals surface area contributed by atoms with E-state index in [2.05, 4.69) is 31.2 Å². The van der Waals surface area contributed by atoms with Gasteiger partial charge in [0, 0.05) is 43.9 Å². The van der Waals surface area contributed by atoms with Crippen molar-refractivity contribution >= 4 is 40.2 Å². The maximum Gasteiger partial charge on any atom is 0.306 e. The highest BCUT2D eigenvalue weighted by Gasteiger charge is 2.49. The number of nitrogens with one attached hydrogen (secondary N) is 3. The zero-order valence-corrected chi connectivity index (χ0v) is 21.5. The molecule has 1 atom stereocenters. The Balaban J connectivity index is 1.66. The number of carbonyl (C=O) groups excluding carboxylic acids is 2. The average molecular weight is 514 g/mol. The second-order valence-electron chi connectivity index (χ2n) is 9.57. The van der Waals surface area contributed by atoms with E-state index in [4.69, 9.17) is 4.84 Å². The van der Waals surface area contributed by atoms with E-state index in [1.54, 1.807) is 24.0 Å². The number of carboxylic acid groups (broad SMARTS) is 1. The molecule has 2 amide bonds. The van der Waals surface area contributed by atoms with Gasteiger partial charge in [0.15, 0.2) is 5.65 Å². The van der Waals surface area contributed by atoms with Crippen molar-refractivity contribution in [1.82, 2.24) is 25.4 Å². The standard InChI is InChI=1S/C25H35N7O5/c1-4-26-20(33)12-25(24(36)27-5-2)11-19(31-37-25)17-13-28-22-18(14-29-32(22)6-3)21(17)30-16-9-7-15(8-10-16)23(34)35/h13-16H,4-12H2,1-3H3,(H,26,33)(H,27,36)(H,28,30)(H,34,35). The molecule has 0 saturated heterocycles. The van der Waals surface area contributed by atoms with Gasteiger partial charge in [0.1, 0.15) is 0 Å². The van der Waals surface area contributed by atoms with E-state index in [-0.39, 0.29) is 30.7 Å². The number of aromatic nitrogens is 3. The van der Waals surface area contributed by atoms with Crippen LogP contribution in [0.1, 0.15) is 64.9 Å². The van der Waals surface area contributed by atoms with Crippen molar-refractivity contribution in [3.05, 3.63) is 18.0 Å². The minimum absolute atomic E-state index is 0.0660. The van der Waals surface area contributed by atoms with Crippen LogP contribution in [0.3, 0.4) is 0 Å². The number of anilines is 1. The number of fused-ring (bicyclic) bond motifs is 1. The van der Waals surface area contributed by atoms with E-state index >= 15 is 0 Å². The Hall–Kier alpha value is -3.70. The first-order valence-corrected chi connectivity index (χ1v) is 13.0. The van der Waals surface area contributed by atoms with E-state index in [9.17, 15) is 19.5 Å². The Labute approximate surface area is 215 Å². The fraction of sp³-hybridized carbons (Fsp3) is 0.600. The lowest BCUT2D eigenvalue weighted by Gasteiger charge is -2.28. The predicted molar refractivity (Wildman–Crippen MR) is 137 cm³/mol. The normalized spacial score (nSPS) is 23.3. The van der Waals surface area contributed by atoms with Crippen LogP contribution < -0.4 is 16.0 Å². The Morgan fingerprint density at radius 1 is 1.11 bits per heavy atom. The number of pyridine rings is 1. The highest BCUT2D eigenvalue weighted by molar-refractivity contribution is 6.13. The molecule has 3 heterocycles. The summed E-state index contributed by atoms with van der Waals surface area (Å²) in [6.07, 6.45) is 6.02. The van der Waals surface area contributed by atoms with Crippen LogP contribution in [0.5, 0.6) is 0 Å². The fourth-order valence-corrected chi connectivity index (χ4v) is 5.08. The summed E-state index contributed by atoms with van der Waals surface area (Å²) in [5.74, 6) is -1.76. The lowest BCUT2D eigenvalue weighted by Crippen LogP contribution is -2.50. The predicted octanol–water partition coefficient (Wildman–Crippen LogP) is 2.03. The summed E-state index contributed by atoms with van der Waals surface area (Å²) in [4.78, 5) is 47.3. The number of nitrogens with zero attached hydrogens (tertiary/aromatic N) is 4. The number of amides is 2. The summed E-state index contributed by atoms with van der Waals surface area (Å²) in [7, 11) is 0. The number of aliphatic carboxylic acids is 1. The second kappa shape index (κ2) is 11.1. The highest BCUT2D eigenvalue weighted by Crippen LogP contribution is 2.36. The van der Waals surface area contributed by atoms with Gasteiger partial charge in [-0.2, -0.15) is 5.10 Å². The van der Waals surface area contributed by atoms with Gasteiger partial charge < -0.3 is 25.9 Å². The van der Waals surface area contributed by atoms with Crippen LogP contribution in [0.25, 0.3) is 11.0 Å². The topological polar surface area (TPSA) is 160 Å². The Bertz CT molecular complexity index is 1200. The van der Waals surface area contributed by atoms with Crippen LogP contribution in [-0.4, -0.2) is 68.1 Å². The maximum absolute atomic E-state index is 13.0. The van der Waals surface area contributed by atoms with Crippen LogP contribution >= 0.6 is 0 Å². The fourth-order valence-electron chi connectivity index (χ4n) is 5.08. The Kier molecular flexibility index (Phi) is 7.94. The van der Waals surface area contributed by atoms with Gasteiger partial charge in [0.2, 0.25) is 11.5 Å². The number of oxime groups is 1. The number of carboxylic acids is 1. The zero-order chi connectivity index (χ0) is 26.6. The number of rotatable bonds is 10. The van der Waals surface area contributed by atoms with Crippen molar-refractivity contribution in [2.75, 3.05) is 18.4 Å². The molecular formula is C25H35N7O5. The SMILES string of the molecule is CCNC(=O)CC1(C(=O)NCC)CC(c2cnc3c(cnn3CC)c2NC2CCC(C(=O)O)CC2)=NO1. The van der Waals surface area contributed by atoms with Gasteiger partial charge in [-0.3, -0.25) is 14.4 Å². The zero-order valence-electron chi connectivity index (χ0n) is 21.5. The molecule has 0 aromatic carbocycles. The van der Waals surface area contributed by atoms with Crippen LogP contribution in [-0.2, 0) is 25.8 Å². The number of likely N-dealkylation sites (N-methyl/N-ethyl adjacent to an activating group) is 1. The molecule has 0 radical (unpaired) electrons. The van der Waals surface area contributed by atoms with Crippen molar-refractivity contribution < 1.29 is 24.3 Å². The lowest BCUT2D eigenvalue weighted by molar-refractivity contribution is -0.149. The van der Waals surface area contributed by atoms with E-state index in [0.29, 0.717) is 62.2 Å². The molecule has 0 spiro atoms. The second-order valence-corrected chi connectivity index (χ2v) is 9.57. The first-order valence-electron chi connectivity index (χ1n) is 13.0. The largest absolute Gasteiger partial charge is 0.481 e. The quantitative estimate of drug-likeness (QED) is 0.375. The van der Waals surface area contributed by atoms with Gasteiger partial charge in [-0.05, 0) is 46.5 Å². The van der Waals surface area contributed by atoms with Gasteiger partial charge in [-0.25, -0.2) is 9.67 Å². The molecule has 1 saturated carbocycles. The molecule has 37 heavy (non-hydrogen) atoms. The van der Waals surface area contributed by atoms with Gasteiger partial charge in [-0.15, -0.1) is 0 Å². The molecule has 12 heteroatoms. The Morgan fingerprint density at radius 2 is 1.84 bits per heavy atom. The minimum Gasteiger partial charge on any atom is -0.481 e. The van der Waals surface area contributed by atoms with Gasteiger partial charge in [0.05, 0.1) is 35.3 Å². The average Bonchev–Trinajstić information content (AvgIpc) is 3.50. The van der Waals surface area contributed by atoms with Crippen molar-refractivity contribution in [2.24, 2.45) is 11.1 Å². The molecule has 1 fully saturated rings. The third-order valence-electron chi connectivity index (χ3n) is 7.06. The molecule has 0 bridgehead atoms. The molecular weight excluding hydrogens is 478 g/mol.